The number of rotatable bonds is 6. The third kappa shape index (κ3) is 4.43. The van der Waals surface area contributed by atoms with Gasteiger partial charge in [0.25, 0.3) is 0 Å². The zero-order chi connectivity index (χ0) is 15.2. The number of aromatic nitrogens is 2. The van der Waals surface area contributed by atoms with Crippen LogP contribution in [0.25, 0.3) is 0 Å². The van der Waals surface area contributed by atoms with Crippen LogP contribution in [0.5, 0.6) is 11.6 Å². The van der Waals surface area contributed by atoms with Gasteiger partial charge in [0.1, 0.15) is 18.2 Å². The quantitative estimate of drug-likeness (QED) is 0.881. The first-order valence-corrected chi connectivity index (χ1v) is 7.00. The van der Waals surface area contributed by atoms with E-state index in [0.717, 1.165) is 16.9 Å². The molecule has 0 aliphatic rings. The summed E-state index contributed by atoms with van der Waals surface area (Å²) in [4.78, 5) is 8.71. The van der Waals surface area contributed by atoms with Crippen molar-refractivity contribution in [1.82, 2.24) is 9.97 Å². The van der Waals surface area contributed by atoms with Crippen LogP contribution in [0.4, 0.5) is 5.82 Å². The smallest absolute Gasteiger partial charge is 0.224 e. The number of ether oxygens (including phenoxy) is 2. The van der Waals surface area contributed by atoms with Crippen LogP contribution in [-0.4, -0.2) is 23.6 Å². The van der Waals surface area contributed by atoms with E-state index >= 15 is 0 Å². The van der Waals surface area contributed by atoms with Crippen molar-refractivity contribution in [2.75, 3.05) is 19.0 Å². The van der Waals surface area contributed by atoms with Gasteiger partial charge in [0, 0.05) is 19.7 Å². The molecule has 21 heavy (non-hydrogen) atoms. The standard InChI is InChI=1S/C16H21N3O2/c1-5-20-10-15-18-14(17-4)9-16(19-15)21-13-7-11(2)6-12(3)8-13/h6-9H,5,10H2,1-4H3,(H,17,18,19). The van der Waals surface area contributed by atoms with Crippen molar-refractivity contribution >= 4 is 5.82 Å². The van der Waals surface area contributed by atoms with Crippen molar-refractivity contribution < 1.29 is 9.47 Å². The van der Waals surface area contributed by atoms with E-state index in [1.54, 1.807) is 6.07 Å². The number of hydrogen-bond donors (Lipinski definition) is 1. The molecule has 1 heterocycles. The predicted molar refractivity (Wildman–Crippen MR) is 82.9 cm³/mol. The van der Waals surface area contributed by atoms with E-state index in [9.17, 15) is 0 Å². The second-order valence-corrected chi connectivity index (χ2v) is 4.82. The Hall–Kier alpha value is -2.14. The van der Waals surface area contributed by atoms with E-state index in [0.29, 0.717) is 30.7 Å². The van der Waals surface area contributed by atoms with Gasteiger partial charge < -0.3 is 14.8 Å². The highest BCUT2D eigenvalue weighted by molar-refractivity contribution is 5.40. The molecule has 0 fully saturated rings. The zero-order valence-corrected chi connectivity index (χ0v) is 12.9. The summed E-state index contributed by atoms with van der Waals surface area (Å²) in [6.07, 6.45) is 0. The average molecular weight is 287 g/mol. The Bertz CT molecular complexity index is 594. The van der Waals surface area contributed by atoms with Crippen LogP contribution >= 0.6 is 0 Å². The van der Waals surface area contributed by atoms with Crippen molar-refractivity contribution in [3.8, 4) is 11.6 Å². The number of benzene rings is 1. The molecule has 2 aromatic rings. The van der Waals surface area contributed by atoms with E-state index in [4.69, 9.17) is 9.47 Å². The molecule has 1 aromatic carbocycles. The molecule has 0 saturated carbocycles. The van der Waals surface area contributed by atoms with E-state index in [1.165, 1.54) is 0 Å². The molecule has 0 radical (unpaired) electrons. The van der Waals surface area contributed by atoms with Gasteiger partial charge in [-0.2, -0.15) is 4.98 Å². The molecule has 0 amide bonds. The monoisotopic (exact) mass is 287 g/mol. The lowest BCUT2D eigenvalue weighted by atomic mass is 10.1. The van der Waals surface area contributed by atoms with Crippen LogP contribution in [0.3, 0.4) is 0 Å². The van der Waals surface area contributed by atoms with Crippen molar-refractivity contribution in [3.05, 3.63) is 41.2 Å². The number of hydrogen-bond acceptors (Lipinski definition) is 5. The fourth-order valence-corrected chi connectivity index (χ4v) is 2.02. The zero-order valence-electron chi connectivity index (χ0n) is 12.9. The van der Waals surface area contributed by atoms with Crippen molar-refractivity contribution in [3.63, 3.8) is 0 Å². The largest absolute Gasteiger partial charge is 0.439 e. The molecule has 0 unspecified atom stereocenters. The third-order valence-electron chi connectivity index (χ3n) is 2.86. The highest BCUT2D eigenvalue weighted by Crippen LogP contribution is 2.24. The molecule has 0 spiro atoms. The molecule has 0 aliphatic carbocycles. The van der Waals surface area contributed by atoms with Gasteiger partial charge in [0.15, 0.2) is 5.82 Å². The van der Waals surface area contributed by atoms with Gasteiger partial charge in [-0.05, 0) is 44.0 Å². The van der Waals surface area contributed by atoms with Crippen LogP contribution < -0.4 is 10.1 Å². The molecule has 5 nitrogen and oxygen atoms in total. The maximum atomic E-state index is 5.86. The average Bonchev–Trinajstić information content (AvgIpc) is 2.43. The van der Waals surface area contributed by atoms with E-state index in [2.05, 4.69) is 21.4 Å². The number of aryl methyl sites for hydroxylation is 2. The molecular weight excluding hydrogens is 266 g/mol. The number of nitrogens with zero attached hydrogens (tertiary/aromatic N) is 2. The van der Waals surface area contributed by atoms with Gasteiger partial charge in [-0.15, -0.1) is 0 Å². The molecule has 5 heteroatoms. The molecule has 0 aliphatic heterocycles. The summed E-state index contributed by atoms with van der Waals surface area (Å²) in [5.74, 6) is 2.59. The Balaban J connectivity index is 2.25. The Labute approximate surface area is 125 Å². The summed E-state index contributed by atoms with van der Waals surface area (Å²) in [6, 6.07) is 7.84. The van der Waals surface area contributed by atoms with Crippen molar-refractivity contribution in [2.45, 2.75) is 27.4 Å². The summed E-state index contributed by atoms with van der Waals surface area (Å²) >= 11 is 0. The molecular formula is C16H21N3O2. The maximum Gasteiger partial charge on any atom is 0.224 e. The lowest BCUT2D eigenvalue weighted by Gasteiger charge is -2.10. The summed E-state index contributed by atoms with van der Waals surface area (Å²) < 4.78 is 11.2. The molecule has 1 aromatic heterocycles. The van der Waals surface area contributed by atoms with Crippen molar-refractivity contribution in [1.29, 1.82) is 0 Å². The van der Waals surface area contributed by atoms with Gasteiger partial charge in [-0.1, -0.05) is 6.07 Å². The van der Waals surface area contributed by atoms with Gasteiger partial charge in [-0.25, -0.2) is 4.98 Å². The third-order valence-corrected chi connectivity index (χ3v) is 2.86. The minimum absolute atomic E-state index is 0.370. The summed E-state index contributed by atoms with van der Waals surface area (Å²) in [7, 11) is 1.81. The fourth-order valence-electron chi connectivity index (χ4n) is 2.02. The minimum Gasteiger partial charge on any atom is -0.439 e. The molecule has 1 N–H and O–H groups in total. The maximum absolute atomic E-state index is 5.86. The highest BCUT2D eigenvalue weighted by atomic mass is 16.5. The van der Waals surface area contributed by atoms with Gasteiger partial charge in [0.05, 0.1) is 0 Å². The van der Waals surface area contributed by atoms with Crippen LogP contribution in [0, 0.1) is 13.8 Å². The van der Waals surface area contributed by atoms with Gasteiger partial charge in [-0.3, -0.25) is 0 Å². The Kier molecular flexibility index (Phi) is 5.11. The first kappa shape index (κ1) is 15.3. The van der Waals surface area contributed by atoms with E-state index < -0.39 is 0 Å². The Morgan fingerprint density at radius 3 is 2.38 bits per heavy atom. The summed E-state index contributed by atoms with van der Waals surface area (Å²) in [5.41, 5.74) is 2.31. The second-order valence-electron chi connectivity index (χ2n) is 4.82. The molecule has 0 atom stereocenters. The molecule has 0 saturated heterocycles. The second kappa shape index (κ2) is 7.04. The normalized spacial score (nSPS) is 10.5. The number of anilines is 1. The van der Waals surface area contributed by atoms with E-state index in [-0.39, 0.29) is 0 Å². The molecule has 112 valence electrons. The van der Waals surface area contributed by atoms with Gasteiger partial charge >= 0.3 is 0 Å². The lowest BCUT2D eigenvalue weighted by Crippen LogP contribution is -2.04. The van der Waals surface area contributed by atoms with Crippen molar-refractivity contribution in [2.24, 2.45) is 0 Å². The predicted octanol–water partition coefficient (Wildman–Crippen LogP) is 3.46. The fraction of sp³-hybridized carbons (Fsp3) is 0.375. The highest BCUT2D eigenvalue weighted by Gasteiger charge is 2.07. The summed E-state index contributed by atoms with van der Waals surface area (Å²) in [6.45, 7) is 7.02. The first-order valence-electron chi connectivity index (χ1n) is 7.00. The SMILES string of the molecule is CCOCc1nc(NC)cc(Oc2cc(C)cc(C)c2)n1. The Morgan fingerprint density at radius 1 is 1.05 bits per heavy atom. The van der Waals surface area contributed by atoms with Crippen LogP contribution in [-0.2, 0) is 11.3 Å². The minimum atomic E-state index is 0.370. The molecule has 0 bridgehead atoms. The lowest BCUT2D eigenvalue weighted by molar-refractivity contribution is 0.128. The van der Waals surface area contributed by atoms with E-state index in [1.807, 2.05) is 40.0 Å². The van der Waals surface area contributed by atoms with Gasteiger partial charge in [0.2, 0.25) is 5.88 Å². The topological polar surface area (TPSA) is 56.3 Å². The molecule has 2 rings (SSSR count). The van der Waals surface area contributed by atoms with Crippen LogP contribution in [0.2, 0.25) is 0 Å². The van der Waals surface area contributed by atoms with Crippen LogP contribution in [0.1, 0.15) is 23.9 Å². The first-order chi connectivity index (χ1) is 10.1. The summed E-state index contributed by atoms with van der Waals surface area (Å²) in [5, 5.41) is 3.01. The Morgan fingerprint density at radius 2 is 1.76 bits per heavy atom. The van der Waals surface area contributed by atoms with Crippen LogP contribution in [0.15, 0.2) is 24.3 Å². The number of nitrogens with one attached hydrogen (secondary N) is 1.